The topological polar surface area (TPSA) is 95.7 Å². The Balaban J connectivity index is 2.07. The molecule has 1 saturated heterocycles. The predicted molar refractivity (Wildman–Crippen MR) is 67.8 cm³/mol. The van der Waals surface area contributed by atoms with Crippen molar-refractivity contribution in [3.8, 4) is 0 Å². The summed E-state index contributed by atoms with van der Waals surface area (Å²) in [4.78, 5) is 22.2. The number of nitrogens with one attached hydrogen (secondary N) is 1. The molecule has 7 nitrogen and oxygen atoms in total. The van der Waals surface area contributed by atoms with Crippen LogP contribution >= 0.6 is 15.9 Å². The van der Waals surface area contributed by atoms with Gasteiger partial charge in [-0.25, -0.2) is 4.79 Å². The van der Waals surface area contributed by atoms with E-state index in [1.807, 2.05) is 0 Å². The highest BCUT2D eigenvalue weighted by Crippen LogP contribution is 2.29. The van der Waals surface area contributed by atoms with Crippen molar-refractivity contribution in [2.75, 3.05) is 18.4 Å². The fourth-order valence-corrected chi connectivity index (χ4v) is 2.07. The highest BCUT2D eigenvalue weighted by Gasteiger charge is 2.31. The fraction of sp³-hybridized carbons (Fsp3) is 0.300. The lowest BCUT2D eigenvalue weighted by molar-refractivity contribution is -0.384. The van der Waals surface area contributed by atoms with Gasteiger partial charge in [-0.05, 0) is 12.1 Å². The molecule has 0 radical (unpaired) electrons. The third-order valence-corrected chi connectivity index (χ3v) is 3.16. The van der Waals surface area contributed by atoms with Crippen LogP contribution in [0.4, 0.5) is 16.2 Å². The lowest BCUT2D eigenvalue weighted by atomic mass is 10.1. The maximum absolute atomic E-state index is 10.9. The standard InChI is InChI=1S/C10H10BrN3O4/c11-6-1-2-8(9(3-6)14(17)18)12-7-4-13(5-7)10(15)16/h1-3,7,12H,4-5H2,(H,15,16). The van der Waals surface area contributed by atoms with E-state index >= 15 is 0 Å². The number of carboxylic acid groups (broad SMARTS) is 1. The zero-order valence-electron chi connectivity index (χ0n) is 9.17. The van der Waals surface area contributed by atoms with E-state index in [9.17, 15) is 14.9 Å². The molecule has 18 heavy (non-hydrogen) atoms. The summed E-state index contributed by atoms with van der Waals surface area (Å²) in [5.74, 6) is 0. The number of anilines is 1. The molecule has 1 amide bonds. The summed E-state index contributed by atoms with van der Waals surface area (Å²) in [6.45, 7) is 0.672. The number of nitrogens with zero attached hydrogens (tertiary/aromatic N) is 2. The quantitative estimate of drug-likeness (QED) is 0.658. The first kappa shape index (κ1) is 12.6. The molecule has 0 spiro atoms. The molecule has 0 atom stereocenters. The van der Waals surface area contributed by atoms with E-state index in [0.29, 0.717) is 23.2 Å². The molecule has 8 heteroatoms. The van der Waals surface area contributed by atoms with E-state index in [-0.39, 0.29) is 11.7 Å². The average molecular weight is 316 g/mol. The largest absolute Gasteiger partial charge is 0.465 e. The minimum atomic E-state index is -0.974. The zero-order chi connectivity index (χ0) is 13.3. The first-order valence-electron chi connectivity index (χ1n) is 5.15. The van der Waals surface area contributed by atoms with Crippen LogP contribution in [0.1, 0.15) is 0 Å². The summed E-state index contributed by atoms with van der Waals surface area (Å²) in [5, 5.41) is 22.5. The molecule has 1 aromatic rings. The van der Waals surface area contributed by atoms with Gasteiger partial charge in [0.25, 0.3) is 5.69 Å². The molecular formula is C10H10BrN3O4. The summed E-state index contributed by atoms with van der Waals surface area (Å²) in [6.07, 6.45) is -0.974. The molecule has 0 aromatic heterocycles. The number of likely N-dealkylation sites (tertiary alicyclic amines) is 1. The van der Waals surface area contributed by atoms with Gasteiger partial charge >= 0.3 is 6.09 Å². The van der Waals surface area contributed by atoms with E-state index in [2.05, 4.69) is 21.2 Å². The predicted octanol–water partition coefficient (Wildman–Crippen LogP) is 2.13. The highest BCUT2D eigenvalue weighted by molar-refractivity contribution is 9.10. The molecule has 1 aliphatic rings. The van der Waals surface area contributed by atoms with Crippen LogP contribution in [-0.4, -0.2) is 40.2 Å². The van der Waals surface area contributed by atoms with Crippen molar-refractivity contribution in [1.82, 2.24) is 4.90 Å². The Morgan fingerprint density at radius 3 is 2.78 bits per heavy atom. The van der Waals surface area contributed by atoms with Gasteiger partial charge in [0.1, 0.15) is 5.69 Å². The third-order valence-electron chi connectivity index (χ3n) is 2.67. The second kappa shape index (κ2) is 4.81. The molecule has 2 rings (SSSR count). The van der Waals surface area contributed by atoms with Crippen LogP contribution in [0.25, 0.3) is 0 Å². The van der Waals surface area contributed by atoms with Crippen LogP contribution in [0.5, 0.6) is 0 Å². The van der Waals surface area contributed by atoms with Crippen molar-refractivity contribution in [3.05, 3.63) is 32.8 Å². The lowest BCUT2D eigenvalue weighted by Gasteiger charge is -2.37. The van der Waals surface area contributed by atoms with Crippen LogP contribution in [0, 0.1) is 10.1 Å². The van der Waals surface area contributed by atoms with Crippen molar-refractivity contribution < 1.29 is 14.8 Å². The fourth-order valence-electron chi connectivity index (χ4n) is 1.72. The number of nitro benzene ring substituents is 1. The minimum absolute atomic E-state index is 0.0295. The van der Waals surface area contributed by atoms with Crippen molar-refractivity contribution in [3.63, 3.8) is 0 Å². The Labute approximate surface area is 111 Å². The molecule has 1 heterocycles. The molecule has 0 bridgehead atoms. The van der Waals surface area contributed by atoms with Crippen molar-refractivity contribution in [2.24, 2.45) is 0 Å². The molecule has 0 saturated carbocycles. The van der Waals surface area contributed by atoms with Crippen LogP contribution < -0.4 is 5.32 Å². The lowest BCUT2D eigenvalue weighted by Crippen LogP contribution is -2.56. The monoisotopic (exact) mass is 315 g/mol. The molecule has 2 N–H and O–H groups in total. The number of amides is 1. The van der Waals surface area contributed by atoms with Gasteiger partial charge in [0.15, 0.2) is 0 Å². The van der Waals surface area contributed by atoms with Gasteiger partial charge in [-0.15, -0.1) is 0 Å². The SMILES string of the molecule is O=C(O)N1CC(Nc2ccc(Br)cc2[N+](=O)[O-])C1. The summed E-state index contributed by atoms with van der Waals surface area (Å²) in [7, 11) is 0. The van der Waals surface area contributed by atoms with E-state index in [1.165, 1.54) is 11.0 Å². The summed E-state index contributed by atoms with van der Waals surface area (Å²) < 4.78 is 0.625. The Kier molecular flexibility index (Phi) is 3.37. The van der Waals surface area contributed by atoms with Crippen molar-refractivity contribution >= 4 is 33.4 Å². The van der Waals surface area contributed by atoms with Crippen LogP contribution in [0.3, 0.4) is 0 Å². The first-order chi connectivity index (χ1) is 8.47. The smallest absolute Gasteiger partial charge is 0.407 e. The van der Waals surface area contributed by atoms with Crippen molar-refractivity contribution in [2.45, 2.75) is 6.04 Å². The van der Waals surface area contributed by atoms with Crippen LogP contribution in [0.2, 0.25) is 0 Å². The molecule has 1 aliphatic heterocycles. The first-order valence-corrected chi connectivity index (χ1v) is 5.95. The Bertz CT molecular complexity index is 502. The molecule has 0 aliphatic carbocycles. The molecular weight excluding hydrogens is 306 g/mol. The molecule has 1 aromatic carbocycles. The maximum atomic E-state index is 10.9. The number of rotatable bonds is 3. The Morgan fingerprint density at radius 1 is 1.56 bits per heavy atom. The number of carbonyl (C=O) groups is 1. The number of halogens is 1. The summed E-state index contributed by atoms with van der Waals surface area (Å²) >= 11 is 3.17. The van der Waals surface area contributed by atoms with E-state index in [1.54, 1.807) is 12.1 Å². The second-order valence-electron chi connectivity index (χ2n) is 3.95. The van der Waals surface area contributed by atoms with Gasteiger partial charge in [0.05, 0.1) is 11.0 Å². The number of hydrogen-bond acceptors (Lipinski definition) is 4. The van der Waals surface area contributed by atoms with Gasteiger partial charge in [-0.1, -0.05) is 15.9 Å². The average Bonchev–Trinajstić information content (AvgIpc) is 2.23. The van der Waals surface area contributed by atoms with Crippen LogP contribution in [-0.2, 0) is 0 Å². The van der Waals surface area contributed by atoms with Crippen molar-refractivity contribution in [1.29, 1.82) is 0 Å². The summed E-state index contributed by atoms with van der Waals surface area (Å²) in [5.41, 5.74) is 0.372. The Morgan fingerprint density at radius 2 is 2.22 bits per heavy atom. The highest BCUT2D eigenvalue weighted by atomic mass is 79.9. The summed E-state index contributed by atoms with van der Waals surface area (Å²) in [6, 6.07) is 4.63. The van der Waals surface area contributed by atoms with Gasteiger partial charge in [0.2, 0.25) is 0 Å². The minimum Gasteiger partial charge on any atom is -0.465 e. The van der Waals surface area contributed by atoms with Gasteiger partial charge in [-0.3, -0.25) is 10.1 Å². The van der Waals surface area contributed by atoms with Gasteiger partial charge in [0, 0.05) is 23.6 Å². The molecule has 1 fully saturated rings. The number of nitro groups is 1. The van der Waals surface area contributed by atoms with Gasteiger partial charge in [-0.2, -0.15) is 0 Å². The number of hydrogen-bond donors (Lipinski definition) is 2. The normalized spacial score (nSPS) is 15.1. The van der Waals surface area contributed by atoms with Crippen LogP contribution in [0.15, 0.2) is 22.7 Å². The van der Waals surface area contributed by atoms with E-state index in [0.717, 1.165) is 0 Å². The van der Waals surface area contributed by atoms with E-state index in [4.69, 9.17) is 5.11 Å². The Hall–Kier alpha value is -1.83. The second-order valence-corrected chi connectivity index (χ2v) is 4.86. The van der Waals surface area contributed by atoms with E-state index < -0.39 is 11.0 Å². The number of benzene rings is 1. The molecule has 0 unspecified atom stereocenters. The third kappa shape index (κ3) is 2.53. The van der Waals surface area contributed by atoms with Gasteiger partial charge < -0.3 is 15.3 Å². The zero-order valence-corrected chi connectivity index (χ0v) is 10.8. The maximum Gasteiger partial charge on any atom is 0.407 e. The molecule has 96 valence electrons.